The van der Waals surface area contributed by atoms with Crippen LogP contribution in [0.15, 0.2) is 24.3 Å². The highest BCUT2D eigenvalue weighted by atomic mass is 16.5. The van der Waals surface area contributed by atoms with Crippen molar-refractivity contribution in [3.63, 3.8) is 0 Å². The summed E-state index contributed by atoms with van der Waals surface area (Å²) in [5.74, 6) is 0.223. The van der Waals surface area contributed by atoms with E-state index < -0.39 is 0 Å². The Hall–Kier alpha value is -0.860. The fourth-order valence-electron chi connectivity index (χ4n) is 1.11. The first-order valence-electron chi connectivity index (χ1n) is 4.96. The third-order valence-electron chi connectivity index (χ3n) is 2.10. The molecule has 78 valence electrons. The fourth-order valence-corrected chi connectivity index (χ4v) is 1.11. The lowest BCUT2D eigenvalue weighted by atomic mass is 10.2. The molecular weight excluding hydrogens is 176 g/mol. The Labute approximate surface area is 85.5 Å². The summed E-state index contributed by atoms with van der Waals surface area (Å²) in [6, 6.07) is 8.29. The van der Waals surface area contributed by atoms with Crippen LogP contribution in [0.25, 0.3) is 0 Å². The van der Waals surface area contributed by atoms with Crippen molar-refractivity contribution in [1.29, 1.82) is 0 Å². The maximum atomic E-state index is 8.79. The minimum Gasteiger partial charge on any atom is -0.396 e. The number of hydrogen-bond acceptors (Lipinski definition) is 2. The summed E-state index contributed by atoms with van der Waals surface area (Å²) in [6.07, 6.45) is 0. The van der Waals surface area contributed by atoms with Crippen molar-refractivity contribution in [2.24, 2.45) is 5.92 Å². The van der Waals surface area contributed by atoms with Crippen molar-refractivity contribution in [3.8, 4) is 0 Å². The first-order chi connectivity index (χ1) is 6.72. The number of aryl methyl sites for hydroxylation is 1. The number of ether oxygens (including phenoxy) is 1. The van der Waals surface area contributed by atoms with Crippen molar-refractivity contribution in [1.82, 2.24) is 0 Å². The highest BCUT2D eigenvalue weighted by Crippen LogP contribution is 2.05. The first kappa shape index (κ1) is 11.2. The second-order valence-corrected chi connectivity index (χ2v) is 3.79. The fraction of sp³-hybridized carbons (Fsp3) is 0.500. The Morgan fingerprint density at radius 3 is 2.50 bits per heavy atom. The van der Waals surface area contributed by atoms with E-state index >= 15 is 0 Å². The normalized spacial score (nSPS) is 12.8. The molecule has 1 N–H and O–H groups in total. The molecule has 1 rings (SSSR count). The maximum absolute atomic E-state index is 8.79. The van der Waals surface area contributed by atoms with E-state index in [4.69, 9.17) is 9.84 Å². The zero-order valence-electron chi connectivity index (χ0n) is 8.86. The quantitative estimate of drug-likeness (QED) is 0.778. The minimum absolute atomic E-state index is 0.188. The molecule has 0 aliphatic heterocycles. The summed E-state index contributed by atoms with van der Waals surface area (Å²) in [4.78, 5) is 0. The lowest BCUT2D eigenvalue weighted by Gasteiger charge is -2.08. The van der Waals surface area contributed by atoms with E-state index in [1.165, 1.54) is 11.1 Å². The van der Waals surface area contributed by atoms with Gasteiger partial charge in [0.15, 0.2) is 0 Å². The van der Waals surface area contributed by atoms with Gasteiger partial charge in [-0.2, -0.15) is 0 Å². The van der Waals surface area contributed by atoms with Gasteiger partial charge in [0.1, 0.15) is 0 Å². The second kappa shape index (κ2) is 5.78. The van der Waals surface area contributed by atoms with Crippen molar-refractivity contribution in [2.75, 3.05) is 13.2 Å². The van der Waals surface area contributed by atoms with Gasteiger partial charge in [0.05, 0.1) is 13.2 Å². The Balaban J connectivity index is 2.28. The summed E-state index contributed by atoms with van der Waals surface area (Å²) in [7, 11) is 0. The molecule has 0 fully saturated rings. The summed E-state index contributed by atoms with van der Waals surface area (Å²) < 4.78 is 5.45. The van der Waals surface area contributed by atoms with E-state index in [9.17, 15) is 0 Å². The molecule has 2 nitrogen and oxygen atoms in total. The molecule has 0 saturated carbocycles. The monoisotopic (exact) mass is 194 g/mol. The summed E-state index contributed by atoms with van der Waals surface area (Å²) in [6.45, 7) is 5.47. The number of aliphatic hydroxyl groups excluding tert-OH is 1. The van der Waals surface area contributed by atoms with Gasteiger partial charge in [0.25, 0.3) is 0 Å². The topological polar surface area (TPSA) is 29.5 Å². The van der Waals surface area contributed by atoms with Crippen LogP contribution in [0.2, 0.25) is 0 Å². The maximum Gasteiger partial charge on any atom is 0.0717 e. The molecule has 0 bridgehead atoms. The highest BCUT2D eigenvalue weighted by molar-refractivity contribution is 5.20. The Kier molecular flexibility index (Phi) is 4.63. The van der Waals surface area contributed by atoms with Gasteiger partial charge in [-0.3, -0.25) is 0 Å². The highest BCUT2D eigenvalue weighted by Gasteiger charge is 1.99. The number of benzene rings is 1. The van der Waals surface area contributed by atoms with E-state index in [0.29, 0.717) is 13.2 Å². The number of aliphatic hydroxyl groups is 1. The Morgan fingerprint density at radius 1 is 1.29 bits per heavy atom. The van der Waals surface area contributed by atoms with Crippen LogP contribution < -0.4 is 0 Å². The van der Waals surface area contributed by atoms with Gasteiger partial charge in [-0.15, -0.1) is 0 Å². The van der Waals surface area contributed by atoms with Crippen LogP contribution >= 0.6 is 0 Å². The molecule has 1 aromatic rings. The minimum atomic E-state index is 0.188. The first-order valence-corrected chi connectivity index (χ1v) is 4.96. The average Bonchev–Trinajstić information content (AvgIpc) is 2.21. The van der Waals surface area contributed by atoms with Gasteiger partial charge >= 0.3 is 0 Å². The summed E-state index contributed by atoms with van der Waals surface area (Å²) in [5, 5.41) is 8.79. The van der Waals surface area contributed by atoms with Crippen LogP contribution in [0.4, 0.5) is 0 Å². The van der Waals surface area contributed by atoms with Crippen molar-refractivity contribution in [2.45, 2.75) is 20.5 Å². The molecule has 0 aliphatic carbocycles. The third kappa shape index (κ3) is 3.90. The van der Waals surface area contributed by atoms with E-state index in [1.54, 1.807) is 0 Å². The number of hydrogen-bond donors (Lipinski definition) is 1. The molecule has 0 spiro atoms. The Morgan fingerprint density at radius 2 is 1.93 bits per heavy atom. The molecule has 14 heavy (non-hydrogen) atoms. The van der Waals surface area contributed by atoms with Crippen molar-refractivity contribution >= 4 is 0 Å². The molecule has 0 radical (unpaired) electrons. The summed E-state index contributed by atoms with van der Waals surface area (Å²) >= 11 is 0. The average molecular weight is 194 g/mol. The van der Waals surface area contributed by atoms with Crippen molar-refractivity contribution in [3.05, 3.63) is 35.4 Å². The van der Waals surface area contributed by atoms with Crippen LogP contribution in [0.3, 0.4) is 0 Å². The molecule has 1 atom stereocenters. The summed E-state index contributed by atoms with van der Waals surface area (Å²) in [5.41, 5.74) is 2.44. The Bertz CT molecular complexity index is 254. The zero-order valence-corrected chi connectivity index (χ0v) is 8.86. The zero-order chi connectivity index (χ0) is 10.4. The van der Waals surface area contributed by atoms with E-state index in [-0.39, 0.29) is 12.5 Å². The van der Waals surface area contributed by atoms with E-state index in [0.717, 1.165) is 0 Å². The van der Waals surface area contributed by atoms with Crippen LogP contribution in [-0.2, 0) is 11.3 Å². The smallest absolute Gasteiger partial charge is 0.0717 e. The SMILES string of the molecule is Cc1ccc(COCC(C)CO)cc1. The largest absolute Gasteiger partial charge is 0.396 e. The van der Waals surface area contributed by atoms with Gasteiger partial charge < -0.3 is 9.84 Å². The molecule has 0 heterocycles. The standard InChI is InChI=1S/C12H18O2/c1-10-3-5-12(6-4-10)9-14-8-11(2)7-13/h3-6,11,13H,7-9H2,1-2H3. The van der Waals surface area contributed by atoms with E-state index in [2.05, 4.69) is 31.2 Å². The second-order valence-electron chi connectivity index (χ2n) is 3.79. The molecule has 0 amide bonds. The molecule has 0 saturated heterocycles. The van der Waals surface area contributed by atoms with Gasteiger partial charge in [0, 0.05) is 12.5 Å². The molecule has 1 unspecified atom stereocenters. The van der Waals surface area contributed by atoms with Gasteiger partial charge in [0.2, 0.25) is 0 Å². The van der Waals surface area contributed by atoms with Gasteiger partial charge in [-0.05, 0) is 12.5 Å². The predicted octanol–water partition coefficient (Wildman–Crippen LogP) is 2.14. The van der Waals surface area contributed by atoms with Crippen LogP contribution in [0, 0.1) is 12.8 Å². The van der Waals surface area contributed by atoms with Crippen LogP contribution in [-0.4, -0.2) is 18.3 Å². The van der Waals surface area contributed by atoms with Crippen LogP contribution in [0.5, 0.6) is 0 Å². The molecule has 0 aliphatic rings. The van der Waals surface area contributed by atoms with E-state index in [1.807, 2.05) is 6.92 Å². The van der Waals surface area contributed by atoms with Crippen LogP contribution in [0.1, 0.15) is 18.1 Å². The lowest BCUT2D eigenvalue weighted by molar-refractivity contribution is 0.0696. The van der Waals surface area contributed by atoms with Gasteiger partial charge in [-0.1, -0.05) is 36.8 Å². The van der Waals surface area contributed by atoms with Gasteiger partial charge in [-0.25, -0.2) is 0 Å². The molecule has 1 aromatic carbocycles. The number of rotatable bonds is 5. The van der Waals surface area contributed by atoms with Crippen molar-refractivity contribution < 1.29 is 9.84 Å². The third-order valence-corrected chi connectivity index (χ3v) is 2.10. The molecule has 0 aromatic heterocycles. The molecular formula is C12H18O2. The molecule has 2 heteroatoms. The predicted molar refractivity (Wildman–Crippen MR) is 57.1 cm³/mol. The lowest BCUT2D eigenvalue weighted by Crippen LogP contribution is -2.09.